The number of carbonyl (C=O) groups is 3. The molecule has 8 nitrogen and oxygen atoms in total. The molecule has 0 aromatic heterocycles. The van der Waals surface area contributed by atoms with E-state index in [9.17, 15) is 14.4 Å². The lowest BCUT2D eigenvalue weighted by atomic mass is 10.0. The van der Waals surface area contributed by atoms with Crippen LogP contribution in [0.2, 0.25) is 0 Å². The number of benzene rings is 1. The summed E-state index contributed by atoms with van der Waals surface area (Å²) < 4.78 is 6.47. The van der Waals surface area contributed by atoms with E-state index in [0.717, 1.165) is 10.3 Å². The number of hydrogen-bond donors (Lipinski definition) is 2. The highest BCUT2D eigenvalue weighted by Gasteiger charge is 2.45. The Morgan fingerprint density at radius 3 is 2.83 bits per heavy atom. The zero-order valence-electron chi connectivity index (χ0n) is 12.9. The number of azo groups is 2. The number of methoxy groups -OCH3 is 1. The van der Waals surface area contributed by atoms with Crippen molar-refractivity contribution in [2.24, 2.45) is 5.11 Å². The van der Waals surface area contributed by atoms with Crippen molar-refractivity contribution >= 4 is 23.4 Å². The van der Waals surface area contributed by atoms with Crippen molar-refractivity contribution in [2.75, 3.05) is 14.2 Å². The number of nitrogens with one attached hydrogen (secondary N) is 2. The molecule has 0 bridgehead atoms. The van der Waals surface area contributed by atoms with Crippen LogP contribution in [0.3, 0.4) is 0 Å². The van der Waals surface area contributed by atoms with Crippen LogP contribution in [0.1, 0.15) is 28.8 Å². The van der Waals surface area contributed by atoms with Gasteiger partial charge in [-0.25, -0.2) is 4.79 Å². The van der Waals surface area contributed by atoms with E-state index in [1.807, 2.05) is 7.05 Å². The van der Waals surface area contributed by atoms with Crippen molar-refractivity contribution in [2.45, 2.75) is 25.4 Å². The van der Waals surface area contributed by atoms with Gasteiger partial charge in [-0.15, -0.1) is 0 Å². The summed E-state index contributed by atoms with van der Waals surface area (Å²) in [5.74, 6) is -0.586. The molecule has 2 aliphatic rings. The van der Waals surface area contributed by atoms with Crippen LogP contribution in [-0.2, 0) is 16.1 Å². The Bertz CT molecular complexity index is 741. The molecule has 3 rings (SSSR count). The van der Waals surface area contributed by atoms with Gasteiger partial charge in [0.1, 0.15) is 17.0 Å². The lowest BCUT2D eigenvalue weighted by Gasteiger charge is -2.14. The second kappa shape index (κ2) is 5.88. The quantitative estimate of drug-likeness (QED) is 0.621. The van der Waals surface area contributed by atoms with Crippen molar-refractivity contribution in [3.63, 3.8) is 0 Å². The Labute approximate surface area is 132 Å². The molecular formula is C15H17N4O4+. The second-order valence-corrected chi connectivity index (χ2v) is 5.43. The minimum atomic E-state index is -0.758. The minimum Gasteiger partial charge on any atom is -0.496 e. The number of nitrogens with zero attached hydrogens (tertiary/aromatic N) is 2. The third-order valence-electron chi connectivity index (χ3n) is 3.93. The number of fused-ring (bicyclic) bond motifs is 1. The van der Waals surface area contributed by atoms with Crippen molar-refractivity contribution in [3.8, 4) is 5.75 Å². The Kier molecular flexibility index (Phi) is 3.91. The average Bonchev–Trinajstić information content (AvgIpc) is 2.83. The molecular weight excluding hydrogens is 300 g/mol. The highest BCUT2D eigenvalue weighted by Crippen LogP contribution is 2.34. The molecule has 1 aromatic rings. The standard InChI is InChI=1S/C15H16N4O4/c1-16-7-8-5-10-9(6-12(8)23-2)15(22)19(18-10)11-3-4-13(20)17-14(11)21/h5-6,11,16H,3-4,7H2,1-2H3/p+1. The molecule has 2 heterocycles. The van der Waals surface area contributed by atoms with Crippen LogP contribution in [-0.4, -0.2) is 42.6 Å². The molecule has 0 spiro atoms. The summed E-state index contributed by atoms with van der Waals surface area (Å²) in [7, 11) is 3.35. The molecule has 1 saturated heterocycles. The highest BCUT2D eigenvalue weighted by atomic mass is 16.5. The van der Waals surface area contributed by atoms with Crippen LogP contribution in [0.5, 0.6) is 5.75 Å². The first-order valence-electron chi connectivity index (χ1n) is 7.29. The Balaban J connectivity index is 1.96. The van der Waals surface area contributed by atoms with E-state index in [1.165, 1.54) is 7.11 Å². The Morgan fingerprint density at radius 2 is 2.17 bits per heavy atom. The summed E-state index contributed by atoms with van der Waals surface area (Å²) in [4.78, 5) is 35.8. The summed E-state index contributed by atoms with van der Waals surface area (Å²) in [6.07, 6.45) is 0.467. The van der Waals surface area contributed by atoms with E-state index < -0.39 is 11.9 Å². The first-order valence-corrected chi connectivity index (χ1v) is 7.29. The molecule has 0 saturated carbocycles. The van der Waals surface area contributed by atoms with Crippen LogP contribution >= 0.6 is 0 Å². The lowest BCUT2D eigenvalue weighted by Crippen LogP contribution is -2.49. The summed E-state index contributed by atoms with van der Waals surface area (Å²) in [6.45, 7) is 0.568. The molecule has 0 radical (unpaired) electrons. The largest absolute Gasteiger partial charge is 0.496 e. The second-order valence-electron chi connectivity index (χ2n) is 5.43. The molecule has 1 atom stereocenters. The average molecular weight is 317 g/mol. The number of imide groups is 1. The van der Waals surface area contributed by atoms with Gasteiger partial charge in [0.05, 0.1) is 7.11 Å². The first kappa shape index (κ1) is 15.3. The molecule has 2 N–H and O–H groups in total. The van der Waals surface area contributed by atoms with E-state index in [1.54, 1.807) is 12.1 Å². The number of carbonyl (C=O) groups excluding carboxylic acids is 3. The minimum absolute atomic E-state index is 0.195. The van der Waals surface area contributed by atoms with Gasteiger partial charge in [-0.2, -0.15) is 0 Å². The van der Waals surface area contributed by atoms with E-state index in [0.29, 0.717) is 23.5 Å². The third-order valence-corrected chi connectivity index (χ3v) is 3.93. The van der Waals surface area contributed by atoms with E-state index in [2.05, 4.69) is 15.7 Å². The summed E-state index contributed by atoms with van der Waals surface area (Å²) in [5.41, 5.74) is 1.77. The van der Waals surface area contributed by atoms with Crippen LogP contribution in [0.15, 0.2) is 17.2 Å². The van der Waals surface area contributed by atoms with Gasteiger partial charge >= 0.3 is 5.91 Å². The number of hydrogen-bond acceptors (Lipinski definition) is 6. The van der Waals surface area contributed by atoms with E-state index in [4.69, 9.17) is 4.74 Å². The summed E-state index contributed by atoms with van der Waals surface area (Å²) in [6, 6.07) is 2.65. The van der Waals surface area contributed by atoms with Crippen LogP contribution in [0.4, 0.5) is 5.69 Å². The monoisotopic (exact) mass is 317 g/mol. The predicted molar refractivity (Wildman–Crippen MR) is 78.6 cm³/mol. The predicted octanol–water partition coefficient (Wildman–Crippen LogP) is 0.470. The zero-order valence-corrected chi connectivity index (χ0v) is 12.9. The van der Waals surface area contributed by atoms with Crippen LogP contribution in [0, 0.1) is 0 Å². The fraction of sp³-hybridized carbons (Fsp3) is 0.400. The van der Waals surface area contributed by atoms with Crippen LogP contribution in [0.25, 0.3) is 0 Å². The molecule has 3 amide bonds. The summed E-state index contributed by atoms with van der Waals surface area (Å²) >= 11 is 0. The molecule has 2 aliphatic heterocycles. The van der Waals surface area contributed by atoms with Gasteiger partial charge in [-0.3, -0.25) is 14.9 Å². The van der Waals surface area contributed by atoms with E-state index >= 15 is 0 Å². The van der Waals surface area contributed by atoms with Gasteiger partial charge in [0, 0.05) is 36.1 Å². The van der Waals surface area contributed by atoms with Crippen LogP contribution < -0.4 is 15.4 Å². The van der Waals surface area contributed by atoms with Gasteiger partial charge in [-0.05, 0) is 17.8 Å². The van der Waals surface area contributed by atoms with Gasteiger partial charge in [0.15, 0.2) is 0 Å². The molecule has 1 fully saturated rings. The summed E-state index contributed by atoms with van der Waals surface area (Å²) in [5, 5.41) is 9.55. The smallest absolute Gasteiger partial charge is 0.447 e. The van der Waals surface area contributed by atoms with Gasteiger partial charge in [-0.1, -0.05) is 0 Å². The molecule has 1 unspecified atom stereocenters. The first-order chi connectivity index (χ1) is 11.0. The van der Waals surface area contributed by atoms with Gasteiger partial charge in [0.2, 0.25) is 5.91 Å². The molecule has 8 heteroatoms. The molecule has 1 aromatic carbocycles. The van der Waals surface area contributed by atoms with Gasteiger partial charge in [0.25, 0.3) is 11.9 Å². The van der Waals surface area contributed by atoms with Crippen molar-refractivity contribution in [3.05, 3.63) is 23.3 Å². The lowest BCUT2D eigenvalue weighted by molar-refractivity contribution is -0.517. The highest BCUT2D eigenvalue weighted by molar-refractivity contribution is 6.02. The van der Waals surface area contributed by atoms with E-state index in [-0.39, 0.29) is 24.7 Å². The maximum absolute atomic E-state index is 12.6. The normalized spacial score (nSPS) is 20.2. The topological polar surface area (TPSA) is 99.9 Å². The molecule has 23 heavy (non-hydrogen) atoms. The SMILES string of the molecule is CNCc1cc2c(cc1OC)C(=O)[N+](C1CCC(=O)NC1=O)=N2. The Morgan fingerprint density at radius 1 is 1.39 bits per heavy atom. The maximum atomic E-state index is 12.6. The number of rotatable bonds is 4. The number of ether oxygens (including phenoxy) is 1. The third kappa shape index (κ3) is 2.61. The Hall–Kier alpha value is -2.61. The number of amides is 3. The maximum Gasteiger partial charge on any atom is 0.447 e. The fourth-order valence-corrected chi connectivity index (χ4v) is 2.80. The number of piperidine rings is 1. The van der Waals surface area contributed by atoms with Crippen molar-refractivity contribution in [1.29, 1.82) is 0 Å². The molecule has 120 valence electrons. The fourth-order valence-electron chi connectivity index (χ4n) is 2.80. The van der Waals surface area contributed by atoms with Crippen molar-refractivity contribution in [1.82, 2.24) is 10.6 Å². The zero-order chi connectivity index (χ0) is 16.6. The molecule has 0 aliphatic carbocycles. The van der Waals surface area contributed by atoms with Gasteiger partial charge < -0.3 is 10.1 Å². The van der Waals surface area contributed by atoms with Crippen molar-refractivity contribution < 1.29 is 23.8 Å².